The van der Waals surface area contributed by atoms with Gasteiger partial charge in [-0.2, -0.15) is 5.26 Å². The molecule has 7 heteroatoms. The number of anilines is 2. The Morgan fingerprint density at radius 1 is 1.11 bits per heavy atom. The Labute approximate surface area is 163 Å². The molecule has 2 N–H and O–H groups in total. The molecule has 1 aromatic heterocycles. The van der Waals surface area contributed by atoms with Crippen molar-refractivity contribution in [1.82, 2.24) is 15.3 Å². The highest BCUT2D eigenvalue weighted by atomic mass is 16.5. The van der Waals surface area contributed by atoms with Crippen molar-refractivity contribution in [1.29, 1.82) is 5.26 Å². The van der Waals surface area contributed by atoms with E-state index in [9.17, 15) is 4.79 Å². The summed E-state index contributed by atoms with van der Waals surface area (Å²) in [5.41, 5.74) is 2.72. The first-order valence-electron chi connectivity index (χ1n) is 8.68. The molecule has 0 fully saturated rings. The highest BCUT2D eigenvalue weighted by molar-refractivity contribution is 5.92. The highest BCUT2D eigenvalue weighted by Crippen LogP contribution is 2.15. The van der Waals surface area contributed by atoms with Crippen LogP contribution in [0.4, 0.5) is 11.5 Å². The molecule has 0 aliphatic rings. The van der Waals surface area contributed by atoms with Gasteiger partial charge in [-0.1, -0.05) is 12.1 Å². The fourth-order valence-electron chi connectivity index (χ4n) is 2.53. The summed E-state index contributed by atoms with van der Waals surface area (Å²) in [4.78, 5) is 20.5. The van der Waals surface area contributed by atoms with Crippen LogP contribution in [0.25, 0.3) is 0 Å². The van der Waals surface area contributed by atoms with Gasteiger partial charge in [0.25, 0.3) is 5.91 Å². The molecule has 0 atom stereocenters. The van der Waals surface area contributed by atoms with Crippen LogP contribution in [-0.4, -0.2) is 29.5 Å². The maximum atomic E-state index is 12.3. The van der Waals surface area contributed by atoms with Crippen LogP contribution in [0, 0.1) is 11.3 Å². The first-order chi connectivity index (χ1) is 13.7. The predicted octanol–water partition coefficient (Wildman–Crippen LogP) is 3.07. The number of nitriles is 1. The van der Waals surface area contributed by atoms with E-state index in [0.717, 1.165) is 17.0 Å². The Kier molecular flexibility index (Phi) is 6.16. The lowest BCUT2D eigenvalue weighted by Crippen LogP contribution is -2.26. The average molecular weight is 373 g/mol. The Bertz CT molecular complexity index is 979. The van der Waals surface area contributed by atoms with E-state index in [0.29, 0.717) is 24.3 Å². The normalized spacial score (nSPS) is 10.0. The Morgan fingerprint density at radius 3 is 2.54 bits per heavy atom. The van der Waals surface area contributed by atoms with E-state index in [1.165, 1.54) is 6.33 Å². The SMILES string of the molecule is COc1ccc(CCNC(=O)c2cc(Nc3ccc(C#N)cc3)ncn2)cc1. The van der Waals surface area contributed by atoms with Gasteiger partial charge in [-0.25, -0.2) is 9.97 Å². The van der Waals surface area contributed by atoms with Crippen molar-refractivity contribution in [2.24, 2.45) is 0 Å². The summed E-state index contributed by atoms with van der Waals surface area (Å²) in [6.07, 6.45) is 2.04. The molecule has 3 aromatic rings. The predicted molar refractivity (Wildman–Crippen MR) is 106 cm³/mol. The number of hydrogen-bond acceptors (Lipinski definition) is 6. The molecule has 0 aliphatic carbocycles. The number of nitrogens with zero attached hydrogens (tertiary/aromatic N) is 3. The summed E-state index contributed by atoms with van der Waals surface area (Å²) < 4.78 is 5.13. The first-order valence-corrected chi connectivity index (χ1v) is 8.68. The van der Waals surface area contributed by atoms with Gasteiger partial charge in [0.1, 0.15) is 23.6 Å². The number of aromatic nitrogens is 2. The summed E-state index contributed by atoms with van der Waals surface area (Å²) in [5.74, 6) is 1.04. The van der Waals surface area contributed by atoms with Crippen LogP contribution in [0.15, 0.2) is 60.9 Å². The van der Waals surface area contributed by atoms with Gasteiger partial charge in [-0.05, 0) is 48.4 Å². The molecule has 0 radical (unpaired) electrons. The highest BCUT2D eigenvalue weighted by Gasteiger charge is 2.09. The largest absolute Gasteiger partial charge is 0.497 e. The maximum absolute atomic E-state index is 12.3. The average Bonchev–Trinajstić information content (AvgIpc) is 2.75. The van der Waals surface area contributed by atoms with Gasteiger partial charge in [0.2, 0.25) is 0 Å². The number of methoxy groups -OCH3 is 1. The van der Waals surface area contributed by atoms with Gasteiger partial charge in [-0.15, -0.1) is 0 Å². The lowest BCUT2D eigenvalue weighted by Gasteiger charge is -2.08. The molecule has 7 nitrogen and oxygen atoms in total. The zero-order valence-corrected chi connectivity index (χ0v) is 15.3. The summed E-state index contributed by atoms with van der Waals surface area (Å²) in [5, 5.41) is 14.8. The lowest BCUT2D eigenvalue weighted by atomic mass is 10.1. The molecule has 0 saturated heterocycles. The Balaban J connectivity index is 1.56. The number of amides is 1. The van der Waals surface area contributed by atoms with Gasteiger partial charge >= 0.3 is 0 Å². The van der Waals surface area contributed by atoms with Crippen molar-refractivity contribution >= 4 is 17.4 Å². The maximum Gasteiger partial charge on any atom is 0.270 e. The van der Waals surface area contributed by atoms with E-state index in [4.69, 9.17) is 10.00 Å². The summed E-state index contributed by atoms with van der Waals surface area (Å²) in [6.45, 7) is 0.494. The molecule has 2 aromatic carbocycles. The zero-order chi connectivity index (χ0) is 19.8. The fraction of sp³-hybridized carbons (Fsp3) is 0.143. The van der Waals surface area contributed by atoms with E-state index in [-0.39, 0.29) is 11.6 Å². The molecule has 140 valence electrons. The van der Waals surface area contributed by atoms with E-state index >= 15 is 0 Å². The molecule has 0 bridgehead atoms. The molecule has 28 heavy (non-hydrogen) atoms. The van der Waals surface area contributed by atoms with Crippen LogP contribution in [0.1, 0.15) is 21.6 Å². The second kappa shape index (κ2) is 9.14. The molecular weight excluding hydrogens is 354 g/mol. The van der Waals surface area contributed by atoms with Crippen molar-refractivity contribution in [3.8, 4) is 11.8 Å². The fourth-order valence-corrected chi connectivity index (χ4v) is 2.53. The molecular formula is C21H19N5O2. The second-order valence-corrected chi connectivity index (χ2v) is 5.96. The van der Waals surface area contributed by atoms with Gasteiger partial charge in [-0.3, -0.25) is 4.79 Å². The zero-order valence-electron chi connectivity index (χ0n) is 15.3. The van der Waals surface area contributed by atoms with E-state index in [1.54, 1.807) is 37.4 Å². The number of nitrogens with one attached hydrogen (secondary N) is 2. The number of ether oxygens (including phenoxy) is 1. The Morgan fingerprint density at radius 2 is 1.86 bits per heavy atom. The number of benzene rings is 2. The Hall–Kier alpha value is -3.92. The van der Waals surface area contributed by atoms with Gasteiger partial charge in [0, 0.05) is 18.3 Å². The summed E-state index contributed by atoms with van der Waals surface area (Å²) in [6, 6.07) is 18.3. The quantitative estimate of drug-likeness (QED) is 0.660. The van der Waals surface area contributed by atoms with E-state index < -0.39 is 0 Å². The molecule has 3 rings (SSSR count). The van der Waals surface area contributed by atoms with Gasteiger partial charge in [0.15, 0.2) is 0 Å². The van der Waals surface area contributed by atoms with Crippen molar-refractivity contribution in [2.45, 2.75) is 6.42 Å². The third-order valence-corrected chi connectivity index (χ3v) is 4.04. The molecule has 0 saturated carbocycles. The number of rotatable bonds is 7. The van der Waals surface area contributed by atoms with Crippen LogP contribution in [0.5, 0.6) is 5.75 Å². The standard InChI is InChI=1S/C21H19N5O2/c1-28-18-8-4-15(5-9-18)10-11-23-21(27)19-12-20(25-14-24-19)26-17-6-2-16(13-22)3-7-17/h2-9,12,14H,10-11H2,1H3,(H,23,27)(H,24,25,26). The molecule has 1 amide bonds. The van der Waals surface area contributed by atoms with Crippen LogP contribution in [0.3, 0.4) is 0 Å². The van der Waals surface area contributed by atoms with Crippen LogP contribution in [-0.2, 0) is 6.42 Å². The molecule has 0 unspecified atom stereocenters. The number of carbonyl (C=O) groups excluding carboxylic acids is 1. The van der Waals surface area contributed by atoms with Crippen LogP contribution >= 0.6 is 0 Å². The summed E-state index contributed by atoms with van der Waals surface area (Å²) in [7, 11) is 1.63. The van der Waals surface area contributed by atoms with Gasteiger partial charge < -0.3 is 15.4 Å². The number of carbonyl (C=O) groups is 1. The minimum atomic E-state index is -0.265. The molecule has 0 aliphatic heterocycles. The third-order valence-electron chi connectivity index (χ3n) is 4.04. The minimum Gasteiger partial charge on any atom is -0.497 e. The minimum absolute atomic E-state index is 0.265. The van der Waals surface area contributed by atoms with E-state index in [2.05, 4.69) is 26.7 Å². The van der Waals surface area contributed by atoms with Crippen molar-refractivity contribution < 1.29 is 9.53 Å². The van der Waals surface area contributed by atoms with Crippen LogP contribution in [0.2, 0.25) is 0 Å². The molecule has 0 spiro atoms. The summed E-state index contributed by atoms with van der Waals surface area (Å²) >= 11 is 0. The third kappa shape index (κ3) is 5.05. The number of hydrogen-bond donors (Lipinski definition) is 2. The lowest BCUT2D eigenvalue weighted by molar-refractivity contribution is 0.0949. The van der Waals surface area contributed by atoms with Crippen molar-refractivity contribution in [3.63, 3.8) is 0 Å². The molecule has 1 heterocycles. The van der Waals surface area contributed by atoms with Crippen molar-refractivity contribution in [3.05, 3.63) is 77.7 Å². The van der Waals surface area contributed by atoms with Crippen LogP contribution < -0.4 is 15.4 Å². The monoisotopic (exact) mass is 373 g/mol. The van der Waals surface area contributed by atoms with E-state index in [1.807, 2.05) is 24.3 Å². The second-order valence-electron chi connectivity index (χ2n) is 5.96. The smallest absolute Gasteiger partial charge is 0.270 e. The topological polar surface area (TPSA) is 99.9 Å². The van der Waals surface area contributed by atoms with Crippen molar-refractivity contribution in [2.75, 3.05) is 19.0 Å². The first kappa shape index (κ1) is 18.9. The van der Waals surface area contributed by atoms with Gasteiger partial charge in [0.05, 0.1) is 18.7 Å².